The highest BCUT2D eigenvalue weighted by Gasteiger charge is 2.38. The number of hydrogen-bond acceptors (Lipinski definition) is 3. The van der Waals surface area contributed by atoms with E-state index >= 15 is 0 Å². The number of nitrogens with one attached hydrogen (secondary N) is 1. The van der Waals surface area contributed by atoms with Crippen molar-refractivity contribution in [3.05, 3.63) is 34.6 Å². The number of nitrogens with two attached hydrogens (primary N) is 1. The first-order valence-corrected chi connectivity index (χ1v) is 6.61. The molecular formula is C15H17FN2O2. The van der Waals surface area contributed by atoms with Gasteiger partial charge in [0.05, 0.1) is 11.3 Å². The summed E-state index contributed by atoms with van der Waals surface area (Å²) in [6.07, 6.45) is 1.84. The monoisotopic (exact) mass is 276 g/mol. The van der Waals surface area contributed by atoms with Crippen molar-refractivity contribution in [2.45, 2.75) is 32.7 Å². The zero-order chi connectivity index (χ0) is 14.9. The Kier molecular flexibility index (Phi) is 3.93. The SMILES string of the molecule is CC(C)CC1C(=O)C2=CC(F)=C=C=C2NC1CC(N)=O. The second-order valence-electron chi connectivity index (χ2n) is 5.55. The molecule has 106 valence electrons. The molecule has 2 rings (SSSR count). The van der Waals surface area contributed by atoms with Crippen LogP contribution in [0, 0.1) is 11.8 Å². The van der Waals surface area contributed by atoms with Gasteiger partial charge in [-0.3, -0.25) is 9.59 Å². The van der Waals surface area contributed by atoms with E-state index in [-0.39, 0.29) is 35.7 Å². The summed E-state index contributed by atoms with van der Waals surface area (Å²) >= 11 is 0. The van der Waals surface area contributed by atoms with Gasteiger partial charge in [0.25, 0.3) is 0 Å². The molecule has 20 heavy (non-hydrogen) atoms. The molecule has 0 aromatic heterocycles. The molecule has 0 spiro atoms. The van der Waals surface area contributed by atoms with Gasteiger partial charge in [0.2, 0.25) is 5.91 Å². The van der Waals surface area contributed by atoms with E-state index in [2.05, 4.69) is 16.8 Å². The average Bonchev–Trinajstić information content (AvgIpc) is 2.34. The van der Waals surface area contributed by atoms with Gasteiger partial charge in [-0.1, -0.05) is 13.8 Å². The first kappa shape index (κ1) is 14.3. The molecule has 1 aliphatic heterocycles. The molecule has 0 bridgehead atoms. The topological polar surface area (TPSA) is 72.2 Å². The van der Waals surface area contributed by atoms with E-state index in [4.69, 9.17) is 5.73 Å². The highest BCUT2D eigenvalue weighted by Crippen LogP contribution is 2.31. The largest absolute Gasteiger partial charge is 0.374 e. The summed E-state index contributed by atoms with van der Waals surface area (Å²) in [5.41, 5.74) is 10.8. The summed E-state index contributed by atoms with van der Waals surface area (Å²) in [5.74, 6) is -1.35. The van der Waals surface area contributed by atoms with E-state index in [0.29, 0.717) is 12.1 Å². The van der Waals surface area contributed by atoms with Crippen LogP contribution in [0.25, 0.3) is 0 Å². The molecule has 2 atom stereocenters. The van der Waals surface area contributed by atoms with Crippen LogP contribution in [0.2, 0.25) is 0 Å². The third kappa shape index (κ3) is 2.90. The van der Waals surface area contributed by atoms with Crippen molar-refractivity contribution < 1.29 is 14.0 Å². The number of Topliss-reactive ketones (excluding diaryl/α,β-unsaturated/α-hetero) is 1. The van der Waals surface area contributed by atoms with Crippen molar-refractivity contribution in [3.8, 4) is 0 Å². The summed E-state index contributed by atoms with van der Waals surface area (Å²) in [6.45, 7) is 3.99. The van der Waals surface area contributed by atoms with Crippen LogP contribution in [-0.2, 0) is 9.59 Å². The van der Waals surface area contributed by atoms with Gasteiger partial charge in [0.15, 0.2) is 11.6 Å². The maximum Gasteiger partial charge on any atom is 0.219 e. The Hall–Kier alpha value is -2.09. The second-order valence-corrected chi connectivity index (χ2v) is 5.55. The summed E-state index contributed by atoms with van der Waals surface area (Å²) < 4.78 is 13.2. The third-order valence-corrected chi connectivity index (χ3v) is 3.41. The lowest BCUT2D eigenvalue weighted by molar-refractivity contribution is -0.123. The Labute approximate surface area is 116 Å². The molecule has 4 nitrogen and oxygen atoms in total. The van der Waals surface area contributed by atoms with E-state index in [9.17, 15) is 14.0 Å². The molecule has 1 heterocycles. The van der Waals surface area contributed by atoms with Crippen LogP contribution in [0.1, 0.15) is 26.7 Å². The highest BCUT2D eigenvalue weighted by molar-refractivity contribution is 6.03. The molecule has 1 amide bonds. The van der Waals surface area contributed by atoms with Crippen molar-refractivity contribution in [2.24, 2.45) is 17.6 Å². The fourth-order valence-electron chi connectivity index (χ4n) is 2.59. The Balaban J connectivity index is 2.36. The molecular weight excluding hydrogens is 259 g/mol. The molecule has 5 heteroatoms. The normalized spacial score (nSPS) is 24.6. The molecule has 2 aliphatic rings. The number of carbonyl (C=O) groups is 2. The summed E-state index contributed by atoms with van der Waals surface area (Å²) in [4.78, 5) is 23.7. The van der Waals surface area contributed by atoms with E-state index < -0.39 is 11.7 Å². The Morgan fingerprint density at radius 2 is 2.20 bits per heavy atom. The molecule has 1 aliphatic carbocycles. The molecule has 3 N–H and O–H groups in total. The van der Waals surface area contributed by atoms with Gasteiger partial charge in [-0.2, -0.15) is 4.39 Å². The zero-order valence-corrected chi connectivity index (χ0v) is 11.5. The van der Waals surface area contributed by atoms with Gasteiger partial charge in [-0.25, -0.2) is 0 Å². The Bertz CT molecular complexity index is 591. The number of hydrogen-bond donors (Lipinski definition) is 2. The maximum absolute atomic E-state index is 13.2. The van der Waals surface area contributed by atoms with Crippen LogP contribution < -0.4 is 11.1 Å². The van der Waals surface area contributed by atoms with Gasteiger partial charge in [-0.15, -0.1) is 0 Å². The molecule has 1 fully saturated rings. The molecule has 2 unspecified atom stereocenters. The first-order chi connectivity index (χ1) is 9.38. The van der Waals surface area contributed by atoms with Gasteiger partial charge in [0, 0.05) is 18.4 Å². The highest BCUT2D eigenvalue weighted by atomic mass is 19.1. The Morgan fingerprint density at radius 1 is 1.50 bits per heavy atom. The minimum atomic E-state index is -0.615. The average molecular weight is 276 g/mol. The summed E-state index contributed by atoms with van der Waals surface area (Å²) in [5, 5.41) is 3.07. The van der Waals surface area contributed by atoms with Crippen LogP contribution >= 0.6 is 0 Å². The van der Waals surface area contributed by atoms with Crippen molar-refractivity contribution in [2.75, 3.05) is 0 Å². The molecule has 0 aromatic carbocycles. The van der Waals surface area contributed by atoms with Gasteiger partial charge in [0.1, 0.15) is 0 Å². The number of rotatable bonds is 4. The molecule has 0 radical (unpaired) electrons. The maximum atomic E-state index is 13.2. The van der Waals surface area contributed by atoms with Crippen LogP contribution in [0.3, 0.4) is 0 Å². The summed E-state index contributed by atoms with van der Waals surface area (Å²) in [7, 11) is 0. The third-order valence-electron chi connectivity index (χ3n) is 3.41. The van der Waals surface area contributed by atoms with E-state index in [0.717, 1.165) is 6.08 Å². The number of amides is 1. The number of carbonyl (C=O) groups excluding carboxylic acids is 2. The number of primary amides is 1. The first-order valence-electron chi connectivity index (χ1n) is 6.61. The standard InChI is InChI=1S/C15H17FN2O2/c1-8(2)5-10-13(7-14(17)19)18-12-4-3-9(16)6-11(12)15(10)20/h6,8,10,13,18H,5,7H2,1-2H3,(H2,17,19). The van der Waals surface area contributed by atoms with Gasteiger partial charge in [-0.05, 0) is 29.9 Å². The van der Waals surface area contributed by atoms with Crippen LogP contribution in [0.15, 0.2) is 34.6 Å². The minimum absolute atomic E-state index is 0.0633. The van der Waals surface area contributed by atoms with Gasteiger partial charge >= 0.3 is 0 Å². The van der Waals surface area contributed by atoms with E-state index in [1.165, 1.54) is 0 Å². The number of ketones is 1. The zero-order valence-electron chi connectivity index (χ0n) is 11.5. The number of halogens is 1. The second kappa shape index (κ2) is 5.49. The predicted molar refractivity (Wildman–Crippen MR) is 71.9 cm³/mol. The fraction of sp³-hybridized carbons (Fsp3) is 0.467. The van der Waals surface area contributed by atoms with Crippen LogP contribution in [0.5, 0.6) is 0 Å². The van der Waals surface area contributed by atoms with Crippen molar-refractivity contribution in [1.82, 2.24) is 5.32 Å². The van der Waals surface area contributed by atoms with Gasteiger partial charge < -0.3 is 11.1 Å². The molecule has 0 saturated carbocycles. The van der Waals surface area contributed by atoms with E-state index in [1.54, 1.807) is 0 Å². The fourth-order valence-corrected chi connectivity index (χ4v) is 2.59. The van der Waals surface area contributed by atoms with Crippen LogP contribution in [-0.4, -0.2) is 17.7 Å². The number of fused-ring (bicyclic) bond motifs is 1. The quantitative estimate of drug-likeness (QED) is 0.764. The lowest BCUT2D eigenvalue weighted by Gasteiger charge is -2.34. The Morgan fingerprint density at radius 3 is 2.80 bits per heavy atom. The number of allylic oxidation sites excluding steroid dienone is 3. The van der Waals surface area contributed by atoms with Crippen molar-refractivity contribution >= 4 is 11.7 Å². The van der Waals surface area contributed by atoms with Crippen molar-refractivity contribution in [1.29, 1.82) is 0 Å². The van der Waals surface area contributed by atoms with E-state index in [1.807, 2.05) is 13.8 Å². The lowest BCUT2D eigenvalue weighted by atomic mass is 9.78. The lowest BCUT2D eigenvalue weighted by Crippen LogP contribution is -2.48. The molecule has 1 saturated heterocycles. The van der Waals surface area contributed by atoms with Crippen molar-refractivity contribution in [3.63, 3.8) is 0 Å². The molecule has 0 aromatic rings. The smallest absolute Gasteiger partial charge is 0.219 e. The number of piperidine rings is 1. The predicted octanol–water partition coefficient (Wildman–Crippen LogP) is 1.50. The van der Waals surface area contributed by atoms with Crippen LogP contribution in [0.4, 0.5) is 4.39 Å². The summed E-state index contributed by atoms with van der Waals surface area (Å²) in [6, 6.07) is -0.370. The minimum Gasteiger partial charge on any atom is -0.374 e.